The number of amides is 2. The van der Waals surface area contributed by atoms with E-state index in [2.05, 4.69) is 15.5 Å². The number of halogens is 1. The van der Waals surface area contributed by atoms with Gasteiger partial charge in [0.2, 0.25) is 0 Å². The van der Waals surface area contributed by atoms with E-state index in [1.165, 1.54) is 0 Å². The van der Waals surface area contributed by atoms with E-state index in [0.29, 0.717) is 13.0 Å². The monoisotopic (exact) mass is 273 g/mol. The van der Waals surface area contributed by atoms with E-state index in [-0.39, 0.29) is 17.6 Å². The van der Waals surface area contributed by atoms with Crippen LogP contribution in [0.25, 0.3) is 0 Å². The Morgan fingerprint density at radius 2 is 2.16 bits per heavy atom. The number of carbonyl (C=O) groups is 1. The lowest BCUT2D eigenvalue weighted by Crippen LogP contribution is -2.54. The van der Waals surface area contributed by atoms with Crippen LogP contribution in [-0.2, 0) is 0 Å². The molecule has 0 aliphatic carbocycles. The van der Waals surface area contributed by atoms with Gasteiger partial charge in [-0.3, -0.25) is 4.90 Å². The normalized spacial score (nSPS) is 22.9. The number of hydrogen-bond acceptors (Lipinski definition) is 2. The third kappa shape index (κ3) is 6.76. The summed E-state index contributed by atoms with van der Waals surface area (Å²) in [5, 5.41) is 5.87. The van der Waals surface area contributed by atoms with Crippen LogP contribution in [0.3, 0.4) is 0 Å². The molecule has 0 saturated carbocycles. The molecule has 0 bridgehead atoms. The van der Waals surface area contributed by atoms with E-state index in [1.54, 1.807) is 0 Å². The van der Waals surface area contributed by atoms with Crippen LogP contribution >= 0.6 is 0 Å². The third-order valence-corrected chi connectivity index (χ3v) is 3.23. The topological polar surface area (TPSA) is 44.4 Å². The van der Waals surface area contributed by atoms with Gasteiger partial charge in [-0.15, -0.1) is 0 Å². The van der Waals surface area contributed by atoms with Crippen LogP contribution in [-0.4, -0.2) is 48.3 Å². The molecule has 1 rings (SSSR count). The summed E-state index contributed by atoms with van der Waals surface area (Å²) in [5.74, 6) is 0. The first-order chi connectivity index (χ1) is 8.80. The maximum absolute atomic E-state index is 13.4. The first kappa shape index (κ1) is 16.2. The van der Waals surface area contributed by atoms with Crippen molar-refractivity contribution in [2.24, 2.45) is 0 Å². The maximum atomic E-state index is 13.4. The first-order valence-corrected chi connectivity index (χ1v) is 7.25. The number of carbonyl (C=O) groups excluding carboxylic acids is 1. The van der Waals surface area contributed by atoms with Crippen molar-refractivity contribution in [2.45, 2.75) is 64.7 Å². The van der Waals surface area contributed by atoms with Crippen molar-refractivity contribution in [3.05, 3.63) is 0 Å². The van der Waals surface area contributed by atoms with Crippen LogP contribution in [0.5, 0.6) is 0 Å². The quantitative estimate of drug-likeness (QED) is 0.825. The molecular formula is C14H28FN3O. The minimum atomic E-state index is -0.762. The molecule has 4 nitrogen and oxygen atoms in total. The molecule has 19 heavy (non-hydrogen) atoms. The van der Waals surface area contributed by atoms with Gasteiger partial charge in [0, 0.05) is 24.7 Å². The number of hydrogen-bond donors (Lipinski definition) is 2. The van der Waals surface area contributed by atoms with Gasteiger partial charge in [-0.05, 0) is 46.6 Å². The van der Waals surface area contributed by atoms with Gasteiger partial charge >= 0.3 is 6.03 Å². The summed E-state index contributed by atoms with van der Waals surface area (Å²) >= 11 is 0. The van der Waals surface area contributed by atoms with Crippen molar-refractivity contribution in [3.8, 4) is 0 Å². The second-order valence-corrected chi connectivity index (χ2v) is 6.45. The molecule has 5 heteroatoms. The molecule has 1 saturated heterocycles. The predicted molar refractivity (Wildman–Crippen MR) is 76.1 cm³/mol. The number of nitrogens with zero attached hydrogens (tertiary/aromatic N) is 1. The van der Waals surface area contributed by atoms with Crippen LogP contribution < -0.4 is 10.6 Å². The maximum Gasteiger partial charge on any atom is 0.315 e. The van der Waals surface area contributed by atoms with Crippen molar-refractivity contribution in [1.29, 1.82) is 0 Å². The molecule has 2 amide bonds. The number of urea groups is 1. The average Bonchev–Trinajstić information content (AvgIpc) is 2.26. The van der Waals surface area contributed by atoms with Gasteiger partial charge < -0.3 is 10.6 Å². The molecule has 1 fully saturated rings. The summed E-state index contributed by atoms with van der Waals surface area (Å²) in [6, 6.07) is -0.00760. The van der Waals surface area contributed by atoms with Crippen molar-refractivity contribution < 1.29 is 9.18 Å². The zero-order chi connectivity index (χ0) is 14.5. The lowest BCUT2D eigenvalue weighted by molar-refractivity contribution is 0.142. The summed E-state index contributed by atoms with van der Waals surface area (Å²) in [6.45, 7) is 9.88. The van der Waals surface area contributed by atoms with E-state index in [1.807, 2.05) is 27.7 Å². The third-order valence-electron chi connectivity index (χ3n) is 3.23. The fraction of sp³-hybridized carbons (Fsp3) is 0.929. The van der Waals surface area contributed by atoms with Crippen LogP contribution in [0.2, 0.25) is 0 Å². The number of alkyl halides is 1. The highest BCUT2D eigenvalue weighted by molar-refractivity contribution is 5.75. The van der Waals surface area contributed by atoms with Gasteiger partial charge in [0.1, 0.15) is 6.17 Å². The lowest BCUT2D eigenvalue weighted by Gasteiger charge is -2.34. The largest absolute Gasteiger partial charge is 0.334 e. The smallest absolute Gasteiger partial charge is 0.315 e. The van der Waals surface area contributed by atoms with Gasteiger partial charge in [-0.1, -0.05) is 6.92 Å². The van der Waals surface area contributed by atoms with Crippen LogP contribution in [0.15, 0.2) is 0 Å². The van der Waals surface area contributed by atoms with Gasteiger partial charge in [0.15, 0.2) is 0 Å². The molecule has 2 atom stereocenters. The zero-order valence-corrected chi connectivity index (χ0v) is 12.6. The SMILES string of the molecule is CC[C@@H](F)CN1CCC[C@@H](NC(=O)NC(C)(C)C)C1. The van der Waals surface area contributed by atoms with E-state index in [0.717, 1.165) is 25.9 Å². The predicted octanol–water partition coefficient (Wildman–Crippen LogP) is 2.30. The highest BCUT2D eigenvalue weighted by Gasteiger charge is 2.24. The van der Waals surface area contributed by atoms with Crippen LogP contribution in [0.4, 0.5) is 9.18 Å². The second-order valence-electron chi connectivity index (χ2n) is 6.45. The van der Waals surface area contributed by atoms with Crippen LogP contribution in [0.1, 0.15) is 47.0 Å². The Morgan fingerprint density at radius 1 is 1.47 bits per heavy atom. The van der Waals surface area contributed by atoms with Crippen molar-refractivity contribution in [1.82, 2.24) is 15.5 Å². The highest BCUT2D eigenvalue weighted by atomic mass is 19.1. The molecule has 112 valence electrons. The van der Waals surface area contributed by atoms with Crippen molar-refractivity contribution in [2.75, 3.05) is 19.6 Å². The Hall–Kier alpha value is -0.840. The lowest BCUT2D eigenvalue weighted by atomic mass is 10.1. The molecule has 2 N–H and O–H groups in total. The first-order valence-electron chi connectivity index (χ1n) is 7.25. The molecule has 0 aromatic heterocycles. The Labute approximate surface area is 116 Å². The Morgan fingerprint density at radius 3 is 2.74 bits per heavy atom. The number of piperidine rings is 1. The minimum Gasteiger partial charge on any atom is -0.334 e. The number of nitrogens with one attached hydrogen (secondary N) is 2. The molecule has 1 aliphatic heterocycles. The zero-order valence-electron chi connectivity index (χ0n) is 12.6. The Bertz CT molecular complexity index is 291. The van der Waals surface area contributed by atoms with Gasteiger partial charge in [0.05, 0.1) is 0 Å². The summed E-state index contributed by atoms with van der Waals surface area (Å²) in [6.07, 6.45) is 1.77. The number of likely N-dealkylation sites (tertiary alicyclic amines) is 1. The van der Waals surface area contributed by atoms with Crippen LogP contribution in [0, 0.1) is 0 Å². The van der Waals surface area contributed by atoms with Gasteiger partial charge in [-0.25, -0.2) is 9.18 Å². The Balaban J connectivity index is 2.36. The van der Waals surface area contributed by atoms with Crippen molar-refractivity contribution >= 4 is 6.03 Å². The Kier molecular flexibility index (Phi) is 6.04. The molecule has 0 aromatic carbocycles. The fourth-order valence-electron chi connectivity index (χ4n) is 2.31. The van der Waals surface area contributed by atoms with E-state index in [9.17, 15) is 9.18 Å². The average molecular weight is 273 g/mol. The summed E-state index contributed by atoms with van der Waals surface area (Å²) in [4.78, 5) is 13.9. The molecule has 1 heterocycles. The molecule has 0 radical (unpaired) electrons. The summed E-state index contributed by atoms with van der Waals surface area (Å²) in [7, 11) is 0. The molecule has 0 aromatic rings. The molecule has 0 unspecified atom stereocenters. The van der Waals surface area contributed by atoms with E-state index < -0.39 is 6.17 Å². The number of rotatable bonds is 4. The molecular weight excluding hydrogens is 245 g/mol. The van der Waals surface area contributed by atoms with E-state index >= 15 is 0 Å². The van der Waals surface area contributed by atoms with Gasteiger partial charge in [0.25, 0.3) is 0 Å². The summed E-state index contributed by atoms with van der Waals surface area (Å²) in [5.41, 5.74) is -0.231. The summed E-state index contributed by atoms with van der Waals surface area (Å²) < 4.78 is 13.4. The van der Waals surface area contributed by atoms with Crippen molar-refractivity contribution in [3.63, 3.8) is 0 Å². The molecule has 1 aliphatic rings. The van der Waals surface area contributed by atoms with E-state index in [4.69, 9.17) is 0 Å². The standard InChI is InChI=1S/C14H28FN3O/c1-5-11(15)9-18-8-6-7-12(10-18)16-13(19)17-14(2,3)4/h11-12H,5-10H2,1-4H3,(H2,16,17,19)/t11-,12-/m1/s1. The minimum absolute atomic E-state index is 0.125. The highest BCUT2D eigenvalue weighted by Crippen LogP contribution is 2.12. The second kappa shape index (κ2) is 7.08. The fourth-order valence-corrected chi connectivity index (χ4v) is 2.31. The molecule has 0 spiro atoms. The van der Waals surface area contributed by atoms with Gasteiger partial charge in [-0.2, -0.15) is 0 Å².